The highest BCUT2D eigenvalue weighted by molar-refractivity contribution is 6.31. The van der Waals surface area contributed by atoms with Crippen LogP contribution in [0.5, 0.6) is 5.75 Å². The first-order valence-corrected chi connectivity index (χ1v) is 5.76. The number of hydrogen-bond donors (Lipinski definition) is 2. The maximum Gasteiger partial charge on any atom is 0.248 e. The summed E-state index contributed by atoms with van der Waals surface area (Å²) < 4.78 is 0. The summed E-state index contributed by atoms with van der Waals surface area (Å²) in [5, 5.41) is 10.5. The number of benzene rings is 2. The normalized spacial score (nSPS) is 10.3. The van der Waals surface area contributed by atoms with Gasteiger partial charge in [-0.05, 0) is 42.3 Å². The monoisotopic (exact) mass is 261 g/mol. The second-order valence-corrected chi connectivity index (χ2v) is 4.47. The van der Waals surface area contributed by atoms with Crippen molar-refractivity contribution in [3.63, 3.8) is 0 Å². The zero-order chi connectivity index (χ0) is 13.3. The summed E-state index contributed by atoms with van der Waals surface area (Å²) in [6, 6.07) is 10.0. The lowest BCUT2D eigenvalue weighted by molar-refractivity contribution is 0.100. The average Bonchev–Trinajstić information content (AvgIpc) is 2.34. The molecule has 0 atom stereocenters. The number of carbonyl (C=O) groups is 1. The van der Waals surface area contributed by atoms with Gasteiger partial charge in [-0.1, -0.05) is 23.7 Å². The predicted molar refractivity (Wildman–Crippen MR) is 71.8 cm³/mol. The molecule has 0 fully saturated rings. The Kier molecular flexibility index (Phi) is 3.26. The van der Waals surface area contributed by atoms with Crippen molar-refractivity contribution in [2.75, 3.05) is 0 Å². The minimum absolute atomic E-state index is 0.124. The molecule has 4 heteroatoms. The molecule has 0 saturated carbocycles. The molecule has 3 nitrogen and oxygen atoms in total. The van der Waals surface area contributed by atoms with Gasteiger partial charge in [-0.15, -0.1) is 0 Å². The third kappa shape index (κ3) is 2.31. The molecule has 0 heterocycles. The van der Waals surface area contributed by atoms with Crippen LogP contribution in [0.25, 0.3) is 11.1 Å². The van der Waals surface area contributed by atoms with Crippen molar-refractivity contribution >= 4 is 17.5 Å². The van der Waals surface area contributed by atoms with E-state index in [0.717, 1.165) is 5.56 Å². The van der Waals surface area contributed by atoms with E-state index in [2.05, 4.69) is 0 Å². The van der Waals surface area contributed by atoms with Gasteiger partial charge in [-0.25, -0.2) is 0 Å². The number of hydrogen-bond acceptors (Lipinski definition) is 2. The highest BCUT2D eigenvalue weighted by atomic mass is 35.5. The lowest BCUT2D eigenvalue weighted by Crippen LogP contribution is -2.10. The van der Waals surface area contributed by atoms with E-state index in [9.17, 15) is 9.90 Å². The van der Waals surface area contributed by atoms with Crippen LogP contribution in [0.15, 0.2) is 36.4 Å². The van der Waals surface area contributed by atoms with E-state index in [-0.39, 0.29) is 5.75 Å². The summed E-state index contributed by atoms with van der Waals surface area (Å²) in [4.78, 5) is 11.1. The Bertz CT molecular complexity index is 623. The van der Waals surface area contributed by atoms with E-state index in [1.165, 1.54) is 0 Å². The molecule has 3 N–H and O–H groups in total. The first-order valence-electron chi connectivity index (χ1n) is 5.38. The van der Waals surface area contributed by atoms with Crippen LogP contribution in [0.3, 0.4) is 0 Å². The first kappa shape index (κ1) is 12.5. The van der Waals surface area contributed by atoms with Crippen molar-refractivity contribution < 1.29 is 9.90 Å². The van der Waals surface area contributed by atoms with E-state index in [4.69, 9.17) is 17.3 Å². The van der Waals surface area contributed by atoms with Gasteiger partial charge >= 0.3 is 0 Å². The number of rotatable bonds is 2. The van der Waals surface area contributed by atoms with E-state index in [1.54, 1.807) is 36.4 Å². The molecular weight excluding hydrogens is 250 g/mol. The van der Waals surface area contributed by atoms with Gasteiger partial charge in [0.15, 0.2) is 0 Å². The average molecular weight is 262 g/mol. The van der Waals surface area contributed by atoms with E-state index >= 15 is 0 Å². The van der Waals surface area contributed by atoms with Gasteiger partial charge in [-0.3, -0.25) is 4.79 Å². The van der Waals surface area contributed by atoms with Crippen molar-refractivity contribution in [2.24, 2.45) is 5.73 Å². The summed E-state index contributed by atoms with van der Waals surface area (Å²) >= 11 is 6.04. The predicted octanol–water partition coefficient (Wildman–Crippen LogP) is 3.12. The van der Waals surface area contributed by atoms with Crippen molar-refractivity contribution in [2.45, 2.75) is 6.92 Å². The number of primary amides is 1. The maximum atomic E-state index is 11.1. The molecule has 0 aliphatic rings. The minimum Gasteiger partial charge on any atom is -0.507 e. The lowest BCUT2D eigenvalue weighted by Gasteiger charge is -2.08. The van der Waals surface area contributed by atoms with Crippen LogP contribution in [-0.4, -0.2) is 11.0 Å². The molecule has 0 spiro atoms. The number of nitrogens with two attached hydrogens (primary N) is 1. The summed E-state index contributed by atoms with van der Waals surface area (Å²) in [5.74, 6) is -0.381. The van der Waals surface area contributed by atoms with Crippen LogP contribution in [0, 0.1) is 6.92 Å². The van der Waals surface area contributed by atoms with Crippen molar-refractivity contribution in [3.8, 4) is 16.9 Å². The van der Waals surface area contributed by atoms with Crippen LogP contribution in [0.1, 0.15) is 15.9 Å². The summed E-state index contributed by atoms with van der Waals surface area (Å²) in [7, 11) is 0. The first-order chi connectivity index (χ1) is 8.49. The van der Waals surface area contributed by atoms with Crippen LogP contribution < -0.4 is 5.73 Å². The molecule has 2 rings (SSSR count). The zero-order valence-electron chi connectivity index (χ0n) is 9.77. The Morgan fingerprint density at radius 2 is 2.00 bits per heavy atom. The third-order valence-electron chi connectivity index (χ3n) is 2.74. The quantitative estimate of drug-likeness (QED) is 0.872. The van der Waals surface area contributed by atoms with Gasteiger partial charge in [0, 0.05) is 16.1 Å². The third-order valence-corrected chi connectivity index (χ3v) is 3.14. The molecule has 0 aliphatic carbocycles. The Labute approximate surface area is 110 Å². The fourth-order valence-corrected chi connectivity index (χ4v) is 1.90. The Hall–Kier alpha value is -2.00. The molecule has 0 aromatic heterocycles. The van der Waals surface area contributed by atoms with Gasteiger partial charge in [0.2, 0.25) is 5.91 Å². The highest BCUT2D eigenvalue weighted by Crippen LogP contribution is 2.34. The molecule has 0 aliphatic heterocycles. The van der Waals surface area contributed by atoms with Crippen LogP contribution >= 0.6 is 11.6 Å². The Morgan fingerprint density at radius 3 is 2.67 bits per heavy atom. The van der Waals surface area contributed by atoms with Gasteiger partial charge in [0.05, 0.1) is 0 Å². The lowest BCUT2D eigenvalue weighted by atomic mass is 10.0. The zero-order valence-corrected chi connectivity index (χ0v) is 10.5. The van der Waals surface area contributed by atoms with Crippen molar-refractivity contribution in [3.05, 3.63) is 52.5 Å². The number of phenols is 1. The number of phenolic OH excluding ortho intramolecular Hbond substituents is 1. The molecule has 2 aromatic rings. The van der Waals surface area contributed by atoms with Crippen molar-refractivity contribution in [1.29, 1.82) is 0 Å². The largest absolute Gasteiger partial charge is 0.507 e. The maximum absolute atomic E-state index is 11.1. The molecule has 1 amide bonds. The molecule has 18 heavy (non-hydrogen) atoms. The number of aromatic hydroxyl groups is 1. The molecule has 0 bridgehead atoms. The Balaban J connectivity index is 2.58. The van der Waals surface area contributed by atoms with E-state index in [0.29, 0.717) is 21.7 Å². The molecular formula is C14H12ClNO2. The molecule has 92 valence electrons. The summed E-state index contributed by atoms with van der Waals surface area (Å²) in [5.41, 5.74) is 7.69. The number of carbonyl (C=O) groups excluding carboxylic acids is 1. The molecule has 0 saturated heterocycles. The fourth-order valence-electron chi connectivity index (χ4n) is 1.74. The van der Waals surface area contributed by atoms with Gasteiger partial charge in [0.1, 0.15) is 5.75 Å². The number of amides is 1. The van der Waals surface area contributed by atoms with Gasteiger partial charge < -0.3 is 10.8 Å². The summed E-state index contributed by atoms with van der Waals surface area (Å²) in [6.07, 6.45) is 0. The summed E-state index contributed by atoms with van der Waals surface area (Å²) in [6.45, 7) is 1.81. The smallest absolute Gasteiger partial charge is 0.248 e. The van der Waals surface area contributed by atoms with Gasteiger partial charge in [-0.2, -0.15) is 0 Å². The molecule has 0 radical (unpaired) electrons. The highest BCUT2D eigenvalue weighted by Gasteiger charge is 2.09. The SMILES string of the molecule is Cc1cc(O)c(-c2cccc(C(N)=O)c2)cc1Cl. The Morgan fingerprint density at radius 1 is 1.28 bits per heavy atom. The second-order valence-electron chi connectivity index (χ2n) is 4.06. The minimum atomic E-state index is -0.505. The van der Waals surface area contributed by atoms with Crippen LogP contribution in [0.2, 0.25) is 5.02 Å². The van der Waals surface area contributed by atoms with Crippen LogP contribution in [-0.2, 0) is 0 Å². The fraction of sp³-hybridized carbons (Fsp3) is 0.0714. The van der Waals surface area contributed by atoms with Crippen LogP contribution in [0.4, 0.5) is 0 Å². The second kappa shape index (κ2) is 4.70. The number of aryl methyl sites for hydroxylation is 1. The van der Waals surface area contributed by atoms with E-state index < -0.39 is 5.91 Å². The topological polar surface area (TPSA) is 63.3 Å². The number of halogens is 1. The van der Waals surface area contributed by atoms with E-state index in [1.807, 2.05) is 6.92 Å². The standard InChI is InChI=1S/C14H12ClNO2/c1-8-5-13(17)11(7-12(8)15)9-3-2-4-10(6-9)14(16)18/h2-7,17H,1H3,(H2,16,18). The van der Waals surface area contributed by atoms with Gasteiger partial charge in [0.25, 0.3) is 0 Å². The molecule has 2 aromatic carbocycles. The van der Waals surface area contributed by atoms with Crippen molar-refractivity contribution in [1.82, 2.24) is 0 Å². The molecule has 0 unspecified atom stereocenters.